The summed E-state index contributed by atoms with van der Waals surface area (Å²) in [6.07, 6.45) is 0. The first-order valence-electron chi connectivity index (χ1n) is 5.35. The van der Waals surface area contributed by atoms with Crippen LogP contribution >= 0.6 is 0 Å². The van der Waals surface area contributed by atoms with E-state index in [1.54, 1.807) is 7.11 Å². The van der Waals surface area contributed by atoms with Gasteiger partial charge in [0.1, 0.15) is 5.75 Å². The Bertz CT molecular complexity index is 401. The Morgan fingerprint density at radius 3 is 2.50 bits per heavy atom. The summed E-state index contributed by atoms with van der Waals surface area (Å²) in [5, 5.41) is 11.3. The number of carboxylic acids is 1. The summed E-state index contributed by atoms with van der Waals surface area (Å²) < 4.78 is 9.97. The van der Waals surface area contributed by atoms with E-state index in [1.807, 2.05) is 0 Å². The van der Waals surface area contributed by atoms with Crippen LogP contribution in [0.5, 0.6) is 5.75 Å². The van der Waals surface area contributed by atoms with Crippen LogP contribution in [0.15, 0.2) is 24.3 Å². The second-order valence-corrected chi connectivity index (χ2v) is 3.46. The highest BCUT2D eigenvalue weighted by Crippen LogP contribution is 2.11. The maximum Gasteiger partial charge on any atom is 0.335 e. The Balaban J connectivity index is 2.34. The van der Waals surface area contributed by atoms with E-state index in [0.717, 1.165) is 0 Å². The molecule has 1 amide bonds. The normalized spacial score (nSPS) is 9.83. The Labute approximate surface area is 105 Å². The third kappa shape index (κ3) is 4.84. The van der Waals surface area contributed by atoms with Gasteiger partial charge in [-0.2, -0.15) is 0 Å². The molecule has 0 saturated heterocycles. The maximum absolute atomic E-state index is 11.3. The second-order valence-electron chi connectivity index (χ2n) is 3.46. The molecule has 98 valence electrons. The average molecular weight is 253 g/mol. The van der Waals surface area contributed by atoms with E-state index in [-0.39, 0.29) is 18.1 Å². The number of hydrogen-bond acceptors (Lipinski definition) is 4. The van der Waals surface area contributed by atoms with Crippen LogP contribution in [0.2, 0.25) is 0 Å². The molecule has 1 aromatic rings. The fraction of sp³-hybridized carbons (Fsp3) is 0.333. The molecular weight excluding hydrogens is 238 g/mol. The van der Waals surface area contributed by atoms with Crippen LogP contribution in [0.4, 0.5) is 0 Å². The van der Waals surface area contributed by atoms with Crippen molar-refractivity contribution in [3.63, 3.8) is 0 Å². The summed E-state index contributed by atoms with van der Waals surface area (Å²) in [5.74, 6) is -0.810. The molecule has 6 heteroatoms. The van der Waals surface area contributed by atoms with Gasteiger partial charge in [-0.05, 0) is 24.3 Å². The predicted octanol–water partition coefficient (Wildman–Crippen LogP) is 0.526. The molecule has 0 radical (unpaired) electrons. The van der Waals surface area contributed by atoms with Gasteiger partial charge < -0.3 is 19.9 Å². The van der Waals surface area contributed by atoms with Crippen molar-refractivity contribution in [2.24, 2.45) is 0 Å². The van der Waals surface area contributed by atoms with Crippen LogP contribution in [0, 0.1) is 0 Å². The standard InChI is InChI=1S/C12H15NO5/c1-17-7-6-13-11(14)8-18-10-4-2-9(3-5-10)12(15)16/h2-5H,6-8H2,1H3,(H,13,14)(H,15,16). The number of rotatable bonds is 7. The van der Waals surface area contributed by atoms with Gasteiger partial charge in [-0.15, -0.1) is 0 Å². The van der Waals surface area contributed by atoms with Crippen molar-refractivity contribution in [1.82, 2.24) is 5.32 Å². The molecule has 0 heterocycles. The Kier molecular flexibility index (Phi) is 5.66. The SMILES string of the molecule is COCCNC(=O)COc1ccc(C(=O)O)cc1. The summed E-state index contributed by atoms with van der Waals surface area (Å²) >= 11 is 0. The van der Waals surface area contributed by atoms with Gasteiger partial charge in [0.2, 0.25) is 0 Å². The van der Waals surface area contributed by atoms with Gasteiger partial charge in [-0.25, -0.2) is 4.79 Å². The van der Waals surface area contributed by atoms with Gasteiger partial charge in [-0.3, -0.25) is 4.79 Å². The van der Waals surface area contributed by atoms with Crippen molar-refractivity contribution in [3.05, 3.63) is 29.8 Å². The first kappa shape index (κ1) is 14.0. The number of methoxy groups -OCH3 is 1. The Morgan fingerprint density at radius 2 is 1.94 bits per heavy atom. The lowest BCUT2D eigenvalue weighted by Gasteiger charge is -2.07. The molecule has 0 unspecified atom stereocenters. The molecule has 2 N–H and O–H groups in total. The third-order valence-electron chi connectivity index (χ3n) is 2.10. The fourth-order valence-electron chi connectivity index (χ4n) is 1.19. The van der Waals surface area contributed by atoms with E-state index in [2.05, 4.69) is 5.32 Å². The van der Waals surface area contributed by atoms with Crippen LogP contribution in [0.1, 0.15) is 10.4 Å². The minimum atomic E-state index is -1.00. The second kappa shape index (κ2) is 7.29. The van der Waals surface area contributed by atoms with Crippen LogP contribution < -0.4 is 10.1 Å². The monoisotopic (exact) mass is 253 g/mol. The molecule has 1 rings (SSSR count). The van der Waals surface area contributed by atoms with Crippen LogP contribution in [0.3, 0.4) is 0 Å². The fourth-order valence-corrected chi connectivity index (χ4v) is 1.19. The summed E-state index contributed by atoms with van der Waals surface area (Å²) in [7, 11) is 1.55. The van der Waals surface area contributed by atoms with Crippen molar-refractivity contribution < 1.29 is 24.2 Å². The van der Waals surface area contributed by atoms with E-state index in [0.29, 0.717) is 18.9 Å². The number of carbonyl (C=O) groups excluding carboxylic acids is 1. The number of hydrogen-bond donors (Lipinski definition) is 2. The van der Waals surface area contributed by atoms with Crippen LogP contribution in [-0.4, -0.2) is 43.9 Å². The molecule has 0 atom stereocenters. The van der Waals surface area contributed by atoms with Gasteiger partial charge >= 0.3 is 5.97 Å². The first-order chi connectivity index (χ1) is 8.63. The highest BCUT2D eigenvalue weighted by molar-refractivity contribution is 5.87. The first-order valence-corrected chi connectivity index (χ1v) is 5.35. The quantitative estimate of drug-likeness (QED) is 0.692. The predicted molar refractivity (Wildman–Crippen MR) is 63.8 cm³/mol. The van der Waals surface area contributed by atoms with Crippen LogP contribution in [-0.2, 0) is 9.53 Å². The molecule has 18 heavy (non-hydrogen) atoms. The van der Waals surface area contributed by atoms with Crippen LogP contribution in [0.25, 0.3) is 0 Å². The average Bonchev–Trinajstić information content (AvgIpc) is 2.37. The van der Waals surface area contributed by atoms with E-state index < -0.39 is 5.97 Å². The molecule has 6 nitrogen and oxygen atoms in total. The summed E-state index contributed by atoms with van der Waals surface area (Å²) in [6.45, 7) is 0.756. The zero-order chi connectivity index (χ0) is 13.4. The molecule has 0 aromatic heterocycles. The molecule has 0 aliphatic carbocycles. The lowest BCUT2D eigenvalue weighted by Crippen LogP contribution is -2.31. The Morgan fingerprint density at radius 1 is 1.28 bits per heavy atom. The molecule has 0 bridgehead atoms. The van der Waals surface area contributed by atoms with Gasteiger partial charge in [-0.1, -0.05) is 0 Å². The van der Waals surface area contributed by atoms with Gasteiger partial charge in [0.25, 0.3) is 5.91 Å². The third-order valence-corrected chi connectivity index (χ3v) is 2.10. The van der Waals surface area contributed by atoms with Crippen molar-refractivity contribution in [2.45, 2.75) is 0 Å². The van der Waals surface area contributed by atoms with Crippen molar-refractivity contribution >= 4 is 11.9 Å². The number of benzene rings is 1. The van der Waals surface area contributed by atoms with E-state index in [4.69, 9.17) is 14.6 Å². The number of aromatic carboxylic acids is 1. The maximum atomic E-state index is 11.3. The molecule has 0 spiro atoms. The zero-order valence-electron chi connectivity index (χ0n) is 10.0. The van der Waals surface area contributed by atoms with Gasteiger partial charge in [0.15, 0.2) is 6.61 Å². The lowest BCUT2D eigenvalue weighted by molar-refractivity contribution is -0.123. The minimum absolute atomic E-state index is 0.115. The summed E-state index contributed by atoms with van der Waals surface area (Å²) in [6, 6.07) is 5.85. The van der Waals surface area contributed by atoms with E-state index in [9.17, 15) is 9.59 Å². The molecule has 0 aliphatic heterocycles. The summed E-state index contributed by atoms with van der Waals surface area (Å²) in [5.41, 5.74) is 0.173. The molecular formula is C12H15NO5. The van der Waals surface area contributed by atoms with Crippen molar-refractivity contribution in [2.75, 3.05) is 26.9 Å². The minimum Gasteiger partial charge on any atom is -0.484 e. The van der Waals surface area contributed by atoms with Gasteiger partial charge in [0, 0.05) is 13.7 Å². The number of carbonyl (C=O) groups is 2. The zero-order valence-corrected chi connectivity index (χ0v) is 10.0. The highest BCUT2D eigenvalue weighted by atomic mass is 16.5. The summed E-state index contributed by atoms with van der Waals surface area (Å²) in [4.78, 5) is 21.9. The van der Waals surface area contributed by atoms with Crippen molar-refractivity contribution in [1.29, 1.82) is 0 Å². The largest absolute Gasteiger partial charge is 0.484 e. The Hall–Kier alpha value is -2.08. The molecule has 1 aromatic carbocycles. The molecule has 0 saturated carbocycles. The number of ether oxygens (including phenoxy) is 2. The van der Waals surface area contributed by atoms with E-state index >= 15 is 0 Å². The highest BCUT2D eigenvalue weighted by Gasteiger charge is 2.04. The molecule has 0 fully saturated rings. The smallest absolute Gasteiger partial charge is 0.335 e. The van der Waals surface area contributed by atoms with Gasteiger partial charge in [0.05, 0.1) is 12.2 Å². The number of carboxylic acid groups (broad SMARTS) is 1. The molecule has 0 aliphatic rings. The number of amides is 1. The number of nitrogens with one attached hydrogen (secondary N) is 1. The van der Waals surface area contributed by atoms with Crippen molar-refractivity contribution in [3.8, 4) is 5.75 Å². The van der Waals surface area contributed by atoms with E-state index in [1.165, 1.54) is 24.3 Å². The topological polar surface area (TPSA) is 84.9 Å². The lowest BCUT2D eigenvalue weighted by atomic mass is 10.2.